The minimum absolute atomic E-state index is 0.0251. The molecule has 1 aromatic heterocycles. The minimum atomic E-state index is -4.56. The van der Waals surface area contributed by atoms with E-state index in [1.54, 1.807) is 12.3 Å². The van der Waals surface area contributed by atoms with E-state index in [4.69, 9.17) is 0 Å². The zero-order valence-corrected chi connectivity index (χ0v) is 20.4. The molecule has 12 heteroatoms. The summed E-state index contributed by atoms with van der Waals surface area (Å²) < 4.78 is 56.0. The highest BCUT2D eigenvalue weighted by molar-refractivity contribution is 5.94. The molecule has 0 unspecified atom stereocenters. The molecule has 5 rings (SSSR count). The van der Waals surface area contributed by atoms with Gasteiger partial charge in [0, 0.05) is 62.3 Å². The number of piperazine rings is 1. The van der Waals surface area contributed by atoms with E-state index >= 15 is 0 Å². The molecule has 2 aliphatic rings. The summed E-state index contributed by atoms with van der Waals surface area (Å²) in [7, 11) is 0. The van der Waals surface area contributed by atoms with Gasteiger partial charge in [-0.1, -0.05) is 12.1 Å². The second-order valence-electron chi connectivity index (χ2n) is 9.20. The molecule has 5 N–H and O–H groups in total. The third-order valence-electron chi connectivity index (χ3n) is 6.50. The molecular weight excluding hydrogens is 502 g/mol. The molecule has 0 radical (unpaired) electrons. The molecule has 0 bridgehead atoms. The molecule has 0 saturated carbocycles. The first-order valence-electron chi connectivity index (χ1n) is 12.2. The number of benzene rings is 2. The van der Waals surface area contributed by atoms with Crippen LogP contribution in [-0.2, 0) is 24.1 Å². The van der Waals surface area contributed by atoms with Gasteiger partial charge < -0.3 is 21.4 Å². The van der Waals surface area contributed by atoms with Gasteiger partial charge in [0.2, 0.25) is 5.91 Å². The number of halogens is 4. The van der Waals surface area contributed by atoms with Crippen molar-refractivity contribution in [2.24, 2.45) is 0 Å². The van der Waals surface area contributed by atoms with Gasteiger partial charge in [-0.15, -0.1) is 0 Å². The smallest absolute Gasteiger partial charge is 0.374 e. The Bertz CT molecular complexity index is 1330. The molecular formula is C26H27F4N7O. The van der Waals surface area contributed by atoms with Gasteiger partial charge in [-0.2, -0.15) is 13.2 Å². The monoisotopic (exact) mass is 529 g/mol. The highest BCUT2D eigenvalue weighted by Gasteiger charge is 2.34. The van der Waals surface area contributed by atoms with Crippen molar-refractivity contribution >= 4 is 23.1 Å². The number of fused-ring (bicyclic) bond motifs is 1. The lowest BCUT2D eigenvalue weighted by molar-refractivity contribution is -0.138. The highest BCUT2D eigenvalue weighted by Crippen LogP contribution is 2.34. The third-order valence-corrected chi connectivity index (χ3v) is 6.50. The number of alkyl halides is 3. The third kappa shape index (κ3) is 6.04. The molecule has 200 valence electrons. The number of nitrogens with one attached hydrogen (secondary N) is 5. The Morgan fingerprint density at radius 3 is 2.63 bits per heavy atom. The second-order valence-corrected chi connectivity index (χ2v) is 9.20. The summed E-state index contributed by atoms with van der Waals surface area (Å²) in [6, 6.07) is 10.3. The predicted molar refractivity (Wildman–Crippen MR) is 137 cm³/mol. The fourth-order valence-corrected chi connectivity index (χ4v) is 4.52. The molecule has 1 saturated heterocycles. The van der Waals surface area contributed by atoms with Crippen LogP contribution in [0, 0.1) is 5.82 Å². The number of rotatable bonds is 7. The van der Waals surface area contributed by atoms with Gasteiger partial charge in [-0.3, -0.25) is 9.69 Å². The Hall–Kier alpha value is -3.74. The highest BCUT2D eigenvalue weighted by atomic mass is 19.4. The summed E-state index contributed by atoms with van der Waals surface area (Å²) in [6.45, 7) is 3.25. The molecule has 0 aliphatic carbocycles. The van der Waals surface area contributed by atoms with Crippen LogP contribution < -0.4 is 26.8 Å². The van der Waals surface area contributed by atoms with Crippen LogP contribution in [0.25, 0.3) is 11.1 Å². The minimum Gasteiger partial charge on any atom is -0.374 e. The maximum Gasteiger partial charge on any atom is 0.416 e. The summed E-state index contributed by atoms with van der Waals surface area (Å²) in [5, 5.41) is 8.35. The number of hydrogen-bond acceptors (Lipinski definition) is 7. The zero-order chi connectivity index (χ0) is 26.7. The van der Waals surface area contributed by atoms with Crippen LogP contribution in [0.4, 0.5) is 34.8 Å². The summed E-state index contributed by atoms with van der Waals surface area (Å²) in [4.78, 5) is 18.7. The molecule has 1 fully saturated rings. The number of hydrazine groups is 1. The fraction of sp³-hybridized carbons (Fsp3) is 0.308. The maximum absolute atomic E-state index is 14.7. The number of anilines is 3. The fourth-order valence-electron chi connectivity index (χ4n) is 4.52. The summed E-state index contributed by atoms with van der Waals surface area (Å²) in [6.07, 6.45) is -2.92. The Morgan fingerprint density at radius 2 is 1.87 bits per heavy atom. The van der Waals surface area contributed by atoms with E-state index in [0.29, 0.717) is 25.2 Å². The van der Waals surface area contributed by atoms with Gasteiger partial charge in [0.05, 0.1) is 17.8 Å². The summed E-state index contributed by atoms with van der Waals surface area (Å²) in [5.74, 6) is -0.432. The van der Waals surface area contributed by atoms with Crippen molar-refractivity contribution < 1.29 is 22.4 Å². The van der Waals surface area contributed by atoms with E-state index in [1.807, 2.05) is 11.0 Å². The first-order valence-corrected chi connectivity index (χ1v) is 12.2. The number of hydrogen-bond donors (Lipinski definition) is 5. The normalized spacial score (nSPS) is 15.6. The average Bonchev–Trinajstić information content (AvgIpc) is 3.37. The van der Waals surface area contributed by atoms with Crippen molar-refractivity contribution in [3.63, 3.8) is 0 Å². The van der Waals surface area contributed by atoms with Gasteiger partial charge in [-0.05, 0) is 41.5 Å². The van der Waals surface area contributed by atoms with E-state index in [2.05, 4.69) is 31.8 Å². The molecule has 2 aromatic carbocycles. The standard InChI is InChI=1S/C26H27F4N7O/c27-22-10-16(18-9-19-13-34-36-25(19)33-12-18)2-4-23(22)32-14-24(38)35-20-3-1-17(21(11-20)26(28,29)30)15-37-7-5-31-6-8-37/h1-4,9-12,31-32,34H,5-8,13-15H2,(H,33,36)(H,35,38). The Morgan fingerprint density at radius 1 is 1.05 bits per heavy atom. The van der Waals surface area contributed by atoms with Crippen LogP contribution in [0.5, 0.6) is 0 Å². The van der Waals surface area contributed by atoms with E-state index in [-0.39, 0.29) is 30.0 Å². The summed E-state index contributed by atoms with van der Waals surface area (Å²) >= 11 is 0. The van der Waals surface area contributed by atoms with Crippen LogP contribution in [0.2, 0.25) is 0 Å². The largest absolute Gasteiger partial charge is 0.416 e. The van der Waals surface area contributed by atoms with Crippen LogP contribution in [0.15, 0.2) is 48.7 Å². The number of aromatic nitrogens is 1. The number of carbonyl (C=O) groups is 1. The number of nitrogens with zero attached hydrogens (tertiary/aromatic N) is 2. The Balaban J connectivity index is 1.21. The molecule has 3 heterocycles. The topological polar surface area (TPSA) is 93.3 Å². The molecule has 38 heavy (non-hydrogen) atoms. The van der Waals surface area contributed by atoms with E-state index < -0.39 is 23.5 Å². The SMILES string of the molecule is O=C(CNc1ccc(-c2cnc3c(c2)CNN3)cc1F)Nc1ccc(CN2CCNCC2)c(C(F)(F)F)c1. The van der Waals surface area contributed by atoms with Gasteiger partial charge in [0.15, 0.2) is 0 Å². The summed E-state index contributed by atoms with van der Waals surface area (Å²) in [5.41, 5.74) is 7.74. The van der Waals surface area contributed by atoms with Crippen LogP contribution in [0.1, 0.15) is 16.7 Å². The maximum atomic E-state index is 14.7. The molecule has 0 atom stereocenters. The molecule has 8 nitrogen and oxygen atoms in total. The first-order chi connectivity index (χ1) is 18.3. The average molecular weight is 530 g/mol. The van der Waals surface area contributed by atoms with E-state index in [1.165, 1.54) is 24.3 Å². The lowest BCUT2D eigenvalue weighted by Gasteiger charge is -2.28. The molecule has 0 spiro atoms. The number of amides is 1. The lowest BCUT2D eigenvalue weighted by atomic mass is 10.0. The zero-order valence-electron chi connectivity index (χ0n) is 20.4. The Kier molecular flexibility index (Phi) is 7.45. The Labute approximate surface area is 216 Å². The van der Waals surface area contributed by atoms with Crippen molar-refractivity contribution in [2.75, 3.05) is 48.8 Å². The second kappa shape index (κ2) is 10.9. The van der Waals surface area contributed by atoms with Crippen LogP contribution >= 0.6 is 0 Å². The lowest BCUT2D eigenvalue weighted by Crippen LogP contribution is -2.43. The first kappa shape index (κ1) is 25.9. The van der Waals surface area contributed by atoms with Crippen molar-refractivity contribution in [3.05, 3.63) is 71.2 Å². The number of pyridine rings is 1. The van der Waals surface area contributed by atoms with Gasteiger partial charge >= 0.3 is 6.18 Å². The van der Waals surface area contributed by atoms with Gasteiger partial charge in [-0.25, -0.2) is 14.8 Å². The molecule has 1 amide bonds. The number of carbonyl (C=O) groups excluding carboxylic acids is 1. The van der Waals surface area contributed by atoms with Crippen molar-refractivity contribution in [3.8, 4) is 11.1 Å². The quantitative estimate of drug-likeness (QED) is 0.298. The van der Waals surface area contributed by atoms with Crippen LogP contribution in [0.3, 0.4) is 0 Å². The van der Waals surface area contributed by atoms with Crippen molar-refractivity contribution in [1.29, 1.82) is 0 Å². The predicted octanol–water partition coefficient (Wildman–Crippen LogP) is 3.79. The molecule has 3 aromatic rings. The van der Waals surface area contributed by atoms with Crippen molar-refractivity contribution in [1.82, 2.24) is 20.6 Å². The van der Waals surface area contributed by atoms with Gasteiger partial charge in [0.1, 0.15) is 11.6 Å². The van der Waals surface area contributed by atoms with Crippen molar-refractivity contribution in [2.45, 2.75) is 19.3 Å². The van der Waals surface area contributed by atoms with Gasteiger partial charge in [0.25, 0.3) is 0 Å². The van der Waals surface area contributed by atoms with E-state index in [9.17, 15) is 22.4 Å². The van der Waals surface area contributed by atoms with Crippen LogP contribution in [-0.4, -0.2) is 48.5 Å². The van der Waals surface area contributed by atoms with E-state index in [0.717, 1.165) is 36.1 Å². The molecule has 2 aliphatic heterocycles.